The molecule has 4 heteroatoms. The zero-order valence-corrected chi connectivity index (χ0v) is 9.14. The van der Waals surface area contributed by atoms with Gasteiger partial charge in [0.15, 0.2) is 0 Å². The Morgan fingerprint density at radius 3 is 2.83 bits per heavy atom. The Morgan fingerprint density at radius 1 is 1.58 bits per heavy atom. The summed E-state index contributed by atoms with van der Waals surface area (Å²) in [7, 11) is 0. The second kappa shape index (κ2) is 5.07. The summed E-state index contributed by atoms with van der Waals surface area (Å²) in [5, 5.41) is 3.42. The first-order valence-electron chi connectivity index (χ1n) is 3.77. The minimum atomic E-state index is 0.181. The van der Waals surface area contributed by atoms with Crippen molar-refractivity contribution < 1.29 is 0 Å². The van der Waals surface area contributed by atoms with Gasteiger partial charge in [-0.1, -0.05) is 11.6 Å². The van der Waals surface area contributed by atoms with E-state index < -0.39 is 0 Å². The van der Waals surface area contributed by atoms with Gasteiger partial charge in [-0.3, -0.25) is 0 Å². The molecular formula is C8H11Cl2NS. The summed E-state index contributed by atoms with van der Waals surface area (Å²) in [6.45, 7) is 3.65. The topological polar surface area (TPSA) is 12.0 Å². The number of nitrogens with one attached hydrogen (secondary N) is 1. The van der Waals surface area contributed by atoms with E-state index >= 15 is 0 Å². The SMILES string of the molecule is CC(Cl)CNCc1ccc(Cl)s1. The molecule has 0 saturated heterocycles. The van der Waals surface area contributed by atoms with Crippen LogP contribution in [0, 0.1) is 0 Å². The van der Waals surface area contributed by atoms with Crippen molar-refractivity contribution in [2.45, 2.75) is 18.8 Å². The van der Waals surface area contributed by atoms with E-state index in [0.29, 0.717) is 0 Å². The summed E-state index contributed by atoms with van der Waals surface area (Å²) in [5.74, 6) is 0. The van der Waals surface area contributed by atoms with E-state index in [1.165, 1.54) is 4.88 Å². The Bertz CT molecular complexity index is 235. The lowest BCUT2D eigenvalue weighted by Gasteiger charge is -2.03. The maximum Gasteiger partial charge on any atom is 0.0931 e. The molecule has 0 bridgehead atoms. The Hall–Kier alpha value is 0.240. The molecule has 0 amide bonds. The van der Waals surface area contributed by atoms with Crippen molar-refractivity contribution in [3.05, 3.63) is 21.3 Å². The van der Waals surface area contributed by atoms with Gasteiger partial charge in [0.2, 0.25) is 0 Å². The Kier molecular flexibility index (Phi) is 4.36. The van der Waals surface area contributed by atoms with Crippen molar-refractivity contribution in [1.82, 2.24) is 5.32 Å². The highest BCUT2D eigenvalue weighted by molar-refractivity contribution is 7.16. The van der Waals surface area contributed by atoms with Gasteiger partial charge in [0.25, 0.3) is 0 Å². The van der Waals surface area contributed by atoms with Crippen LogP contribution in [-0.4, -0.2) is 11.9 Å². The predicted octanol–water partition coefficient (Wildman–Crippen LogP) is 3.12. The number of halogens is 2. The van der Waals surface area contributed by atoms with Crippen LogP contribution >= 0.6 is 34.5 Å². The second-order valence-electron chi connectivity index (χ2n) is 2.62. The van der Waals surface area contributed by atoms with E-state index in [9.17, 15) is 0 Å². The third kappa shape index (κ3) is 3.76. The van der Waals surface area contributed by atoms with Crippen molar-refractivity contribution >= 4 is 34.5 Å². The fourth-order valence-corrected chi connectivity index (χ4v) is 2.01. The summed E-state index contributed by atoms with van der Waals surface area (Å²) in [5.41, 5.74) is 0. The van der Waals surface area contributed by atoms with Crippen LogP contribution in [0.15, 0.2) is 12.1 Å². The van der Waals surface area contributed by atoms with Crippen LogP contribution in [0.4, 0.5) is 0 Å². The smallest absolute Gasteiger partial charge is 0.0931 e. The number of hydrogen-bond donors (Lipinski definition) is 1. The van der Waals surface area contributed by atoms with Crippen molar-refractivity contribution in [2.75, 3.05) is 6.54 Å². The van der Waals surface area contributed by atoms with Crippen molar-refractivity contribution in [2.24, 2.45) is 0 Å². The summed E-state index contributed by atoms with van der Waals surface area (Å²) in [6.07, 6.45) is 0. The third-order valence-corrected chi connectivity index (χ3v) is 2.74. The molecule has 0 spiro atoms. The first-order chi connectivity index (χ1) is 5.68. The molecule has 1 rings (SSSR count). The minimum Gasteiger partial charge on any atom is -0.310 e. The molecule has 1 aromatic rings. The lowest BCUT2D eigenvalue weighted by atomic mass is 10.4. The molecule has 0 aliphatic rings. The van der Waals surface area contributed by atoms with Gasteiger partial charge in [-0.15, -0.1) is 22.9 Å². The molecular weight excluding hydrogens is 213 g/mol. The zero-order valence-electron chi connectivity index (χ0n) is 6.81. The maximum atomic E-state index is 5.77. The van der Waals surface area contributed by atoms with Gasteiger partial charge >= 0.3 is 0 Å². The monoisotopic (exact) mass is 223 g/mol. The van der Waals surface area contributed by atoms with Crippen molar-refractivity contribution in [1.29, 1.82) is 0 Å². The molecule has 1 aromatic heterocycles. The highest BCUT2D eigenvalue weighted by atomic mass is 35.5. The van der Waals surface area contributed by atoms with E-state index in [2.05, 4.69) is 5.32 Å². The fourth-order valence-electron chi connectivity index (χ4n) is 0.841. The van der Waals surface area contributed by atoms with Gasteiger partial charge < -0.3 is 5.32 Å². The van der Waals surface area contributed by atoms with Crippen molar-refractivity contribution in [3.8, 4) is 0 Å². The molecule has 1 atom stereocenters. The lowest BCUT2D eigenvalue weighted by Crippen LogP contribution is -2.20. The molecule has 12 heavy (non-hydrogen) atoms. The third-order valence-electron chi connectivity index (χ3n) is 1.35. The Morgan fingerprint density at radius 2 is 2.33 bits per heavy atom. The van der Waals surface area contributed by atoms with Crippen LogP contribution in [0.3, 0.4) is 0 Å². The Labute approximate surface area is 86.7 Å². The number of thiophene rings is 1. The van der Waals surface area contributed by atoms with Crippen LogP contribution in [0.2, 0.25) is 4.34 Å². The standard InChI is InChI=1S/C8H11Cl2NS/c1-6(9)4-11-5-7-2-3-8(10)12-7/h2-3,6,11H,4-5H2,1H3. The Balaban J connectivity index is 2.24. The molecule has 0 saturated carbocycles. The minimum absolute atomic E-state index is 0.181. The van der Waals surface area contributed by atoms with Crippen LogP contribution < -0.4 is 5.32 Å². The molecule has 0 aliphatic heterocycles. The van der Waals surface area contributed by atoms with Gasteiger partial charge in [-0.05, 0) is 19.1 Å². The highest BCUT2D eigenvalue weighted by Gasteiger charge is 1.98. The average molecular weight is 224 g/mol. The molecule has 0 fully saturated rings. The van der Waals surface area contributed by atoms with E-state index in [0.717, 1.165) is 17.4 Å². The van der Waals surface area contributed by atoms with Gasteiger partial charge in [0.05, 0.1) is 4.34 Å². The molecule has 68 valence electrons. The first kappa shape index (κ1) is 10.3. The quantitative estimate of drug-likeness (QED) is 0.775. The molecule has 0 aromatic carbocycles. The molecule has 0 radical (unpaired) electrons. The highest BCUT2D eigenvalue weighted by Crippen LogP contribution is 2.20. The summed E-state index contributed by atoms with van der Waals surface area (Å²) < 4.78 is 0.839. The van der Waals surface area contributed by atoms with Crippen LogP contribution in [-0.2, 0) is 6.54 Å². The molecule has 1 N–H and O–H groups in total. The number of rotatable bonds is 4. The molecule has 0 aliphatic carbocycles. The van der Waals surface area contributed by atoms with Gasteiger partial charge in [0, 0.05) is 23.3 Å². The molecule has 1 nitrogen and oxygen atoms in total. The van der Waals surface area contributed by atoms with Crippen LogP contribution in [0.5, 0.6) is 0 Å². The van der Waals surface area contributed by atoms with Crippen LogP contribution in [0.1, 0.15) is 11.8 Å². The largest absolute Gasteiger partial charge is 0.310 e. The fraction of sp³-hybridized carbons (Fsp3) is 0.500. The van der Waals surface area contributed by atoms with Gasteiger partial charge in [-0.2, -0.15) is 0 Å². The maximum absolute atomic E-state index is 5.77. The van der Waals surface area contributed by atoms with E-state index in [1.54, 1.807) is 11.3 Å². The van der Waals surface area contributed by atoms with E-state index in [4.69, 9.17) is 23.2 Å². The normalized spacial score (nSPS) is 13.2. The van der Waals surface area contributed by atoms with Crippen LogP contribution in [0.25, 0.3) is 0 Å². The van der Waals surface area contributed by atoms with Gasteiger partial charge in [0.1, 0.15) is 0 Å². The van der Waals surface area contributed by atoms with E-state index in [-0.39, 0.29) is 5.38 Å². The van der Waals surface area contributed by atoms with Crippen molar-refractivity contribution in [3.63, 3.8) is 0 Å². The number of hydrogen-bond acceptors (Lipinski definition) is 2. The molecule has 1 heterocycles. The first-order valence-corrected chi connectivity index (χ1v) is 5.40. The second-order valence-corrected chi connectivity index (χ2v) is 5.16. The summed E-state index contributed by atoms with van der Waals surface area (Å²) in [6, 6.07) is 3.94. The zero-order chi connectivity index (χ0) is 8.97. The number of alkyl halides is 1. The van der Waals surface area contributed by atoms with Gasteiger partial charge in [-0.25, -0.2) is 0 Å². The average Bonchev–Trinajstić information content (AvgIpc) is 2.35. The van der Waals surface area contributed by atoms with E-state index in [1.807, 2.05) is 19.1 Å². The molecule has 1 unspecified atom stereocenters. The summed E-state index contributed by atoms with van der Waals surface area (Å²) in [4.78, 5) is 1.25. The lowest BCUT2D eigenvalue weighted by molar-refractivity contribution is 0.686. The predicted molar refractivity (Wildman–Crippen MR) is 56.4 cm³/mol. The summed E-state index contributed by atoms with van der Waals surface area (Å²) >= 11 is 13.1.